The fourth-order valence-corrected chi connectivity index (χ4v) is 2.94. The summed E-state index contributed by atoms with van der Waals surface area (Å²) in [5, 5.41) is 6.23. The van der Waals surface area contributed by atoms with Crippen LogP contribution in [0.25, 0.3) is 0 Å². The van der Waals surface area contributed by atoms with Crippen LogP contribution in [-0.4, -0.2) is 25.5 Å². The van der Waals surface area contributed by atoms with Crippen LogP contribution in [0.1, 0.15) is 44.7 Å². The summed E-state index contributed by atoms with van der Waals surface area (Å²) in [6.45, 7) is 7.82. The average Bonchev–Trinajstić information content (AvgIpc) is 2.52. The molecule has 1 aromatic rings. The lowest BCUT2D eigenvalue weighted by Gasteiger charge is -2.35. The molecule has 25 heavy (non-hydrogen) atoms. The Morgan fingerprint density at radius 3 is 2.32 bits per heavy atom. The fraction of sp³-hybridized carbons (Fsp3) is 0.611. The summed E-state index contributed by atoms with van der Waals surface area (Å²) in [5.41, 5.74) is -1.36. The van der Waals surface area contributed by atoms with Crippen LogP contribution >= 0.6 is 12.4 Å². The van der Waals surface area contributed by atoms with Crippen molar-refractivity contribution in [3.05, 3.63) is 35.4 Å². The van der Waals surface area contributed by atoms with Crippen molar-refractivity contribution >= 4 is 18.3 Å². The van der Waals surface area contributed by atoms with Crippen LogP contribution in [0.5, 0.6) is 0 Å². The van der Waals surface area contributed by atoms with Crippen LogP contribution in [0.2, 0.25) is 0 Å². The van der Waals surface area contributed by atoms with Crippen molar-refractivity contribution in [1.29, 1.82) is 0 Å². The molecular formula is C18H26ClF3N2O. The topological polar surface area (TPSA) is 41.1 Å². The van der Waals surface area contributed by atoms with Crippen molar-refractivity contribution in [2.45, 2.75) is 45.2 Å². The zero-order chi connectivity index (χ0) is 18.0. The monoisotopic (exact) mass is 378 g/mol. The van der Waals surface area contributed by atoms with Gasteiger partial charge in [-0.05, 0) is 56.8 Å². The molecule has 1 amide bonds. The number of hydrogen-bond donors (Lipinski definition) is 2. The van der Waals surface area contributed by atoms with E-state index in [9.17, 15) is 18.0 Å². The first-order chi connectivity index (χ1) is 11.0. The van der Waals surface area contributed by atoms with Gasteiger partial charge in [0.05, 0.1) is 11.0 Å². The molecule has 1 saturated heterocycles. The lowest BCUT2D eigenvalue weighted by Crippen LogP contribution is -2.47. The van der Waals surface area contributed by atoms with Crippen molar-refractivity contribution < 1.29 is 18.0 Å². The number of piperidine rings is 1. The molecule has 142 valence electrons. The molecule has 0 unspecified atom stereocenters. The number of hydrogen-bond acceptors (Lipinski definition) is 2. The number of alkyl halides is 3. The Bertz CT molecular complexity index is 596. The molecule has 0 saturated carbocycles. The molecular weight excluding hydrogens is 353 g/mol. The van der Waals surface area contributed by atoms with Gasteiger partial charge in [-0.25, -0.2) is 0 Å². The van der Waals surface area contributed by atoms with E-state index in [0.29, 0.717) is 12.1 Å². The molecule has 2 N–H and O–H groups in total. The minimum absolute atomic E-state index is 0. The van der Waals surface area contributed by atoms with Crippen molar-refractivity contribution in [3.63, 3.8) is 0 Å². The van der Waals surface area contributed by atoms with E-state index in [2.05, 4.69) is 17.6 Å². The Morgan fingerprint density at radius 2 is 1.76 bits per heavy atom. The van der Waals surface area contributed by atoms with E-state index in [0.717, 1.165) is 38.1 Å². The number of rotatable bonds is 4. The summed E-state index contributed by atoms with van der Waals surface area (Å²) in [6.07, 6.45) is -2.47. The summed E-state index contributed by atoms with van der Waals surface area (Å²) < 4.78 is 38.7. The van der Waals surface area contributed by atoms with Gasteiger partial charge in [-0.1, -0.05) is 25.1 Å². The fourth-order valence-electron chi connectivity index (χ4n) is 2.94. The Kier molecular flexibility index (Phi) is 6.93. The molecule has 0 atom stereocenters. The highest BCUT2D eigenvalue weighted by Gasteiger charge is 2.36. The average molecular weight is 379 g/mol. The van der Waals surface area contributed by atoms with Crippen molar-refractivity contribution in [2.75, 3.05) is 19.6 Å². The molecule has 1 heterocycles. The van der Waals surface area contributed by atoms with E-state index in [1.165, 1.54) is 6.07 Å². The lowest BCUT2D eigenvalue weighted by atomic mass is 9.79. The number of amides is 1. The van der Waals surface area contributed by atoms with Gasteiger partial charge in [0.2, 0.25) is 5.91 Å². The SMILES string of the molecule is CC1(CNC(=O)C(C)(C)c2cccc(C(F)(F)F)c2)CCNCC1.Cl. The van der Waals surface area contributed by atoms with E-state index in [-0.39, 0.29) is 23.7 Å². The molecule has 1 fully saturated rings. The molecule has 1 aromatic carbocycles. The van der Waals surface area contributed by atoms with E-state index >= 15 is 0 Å². The van der Waals surface area contributed by atoms with Crippen molar-refractivity contribution in [2.24, 2.45) is 5.41 Å². The Balaban J connectivity index is 0.00000312. The molecule has 0 spiro atoms. The van der Waals surface area contributed by atoms with Gasteiger partial charge < -0.3 is 10.6 Å². The Morgan fingerprint density at radius 1 is 1.20 bits per heavy atom. The predicted molar refractivity (Wildman–Crippen MR) is 94.9 cm³/mol. The summed E-state index contributed by atoms with van der Waals surface area (Å²) in [6, 6.07) is 5.00. The van der Waals surface area contributed by atoms with Gasteiger partial charge in [0.25, 0.3) is 0 Å². The Hall–Kier alpha value is -1.27. The lowest BCUT2D eigenvalue weighted by molar-refractivity contribution is -0.138. The van der Waals surface area contributed by atoms with Gasteiger partial charge in [-0.15, -0.1) is 12.4 Å². The van der Waals surface area contributed by atoms with Gasteiger partial charge in [0.15, 0.2) is 0 Å². The van der Waals surface area contributed by atoms with Crippen molar-refractivity contribution in [3.8, 4) is 0 Å². The summed E-state index contributed by atoms with van der Waals surface area (Å²) in [7, 11) is 0. The molecule has 7 heteroatoms. The standard InChI is InChI=1S/C18H25F3N2O.ClH/c1-16(2,13-5-4-6-14(11-13)18(19,20)21)15(24)23-12-17(3)7-9-22-10-8-17;/h4-6,11,22H,7-10,12H2,1-3H3,(H,23,24);1H. The van der Waals surface area contributed by atoms with E-state index < -0.39 is 17.2 Å². The summed E-state index contributed by atoms with van der Waals surface area (Å²) >= 11 is 0. The second-order valence-electron chi connectivity index (χ2n) is 7.45. The number of carbonyl (C=O) groups excluding carboxylic acids is 1. The predicted octanol–water partition coefficient (Wildman–Crippen LogP) is 3.91. The highest BCUT2D eigenvalue weighted by Crippen LogP contribution is 2.33. The Labute approximate surface area is 153 Å². The van der Waals surface area contributed by atoms with Gasteiger partial charge in [-0.3, -0.25) is 4.79 Å². The maximum Gasteiger partial charge on any atom is 0.416 e. The van der Waals surface area contributed by atoms with Gasteiger partial charge >= 0.3 is 6.18 Å². The van der Waals surface area contributed by atoms with Gasteiger partial charge in [0, 0.05) is 6.54 Å². The van der Waals surface area contributed by atoms with E-state index in [1.54, 1.807) is 19.9 Å². The third-order valence-electron chi connectivity index (χ3n) is 4.97. The number of halogens is 4. The maximum atomic E-state index is 12.9. The molecule has 0 radical (unpaired) electrons. The molecule has 1 aliphatic heterocycles. The summed E-state index contributed by atoms with van der Waals surface area (Å²) in [4.78, 5) is 12.6. The van der Waals surface area contributed by atoms with Crippen LogP contribution in [0.3, 0.4) is 0 Å². The number of benzene rings is 1. The van der Waals surface area contributed by atoms with Crippen LogP contribution in [0.4, 0.5) is 13.2 Å². The molecule has 0 bridgehead atoms. The third-order valence-corrected chi connectivity index (χ3v) is 4.97. The highest BCUT2D eigenvalue weighted by atomic mass is 35.5. The normalized spacial score (nSPS) is 17.5. The van der Waals surface area contributed by atoms with Crippen LogP contribution in [0, 0.1) is 5.41 Å². The van der Waals surface area contributed by atoms with Crippen LogP contribution in [-0.2, 0) is 16.4 Å². The molecule has 2 rings (SSSR count). The highest BCUT2D eigenvalue weighted by molar-refractivity contribution is 5.87. The quantitative estimate of drug-likeness (QED) is 0.834. The first kappa shape index (κ1) is 21.8. The van der Waals surface area contributed by atoms with Gasteiger partial charge in [0.1, 0.15) is 0 Å². The maximum absolute atomic E-state index is 12.9. The zero-order valence-corrected chi connectivity index (χ0v) is 15.6. The van der Waals surface area contributed by atoms with Crippen molar-refractivity contribution in [1.82, 2.24) is 10.6 Å². The van der Waals surface area contributed by atoms with E-state index in [1.807, 2.05) is 0 Å². The third kappa shape index (κ3) is 5.35. The van der Waals surface area contributed by atoms with E-state index in [4.69, 9.17) is 0 Å². The van der Waals surface area contributed by atoms with Crippen LogP contribution in [0.15, 0.2) is 24.3 Å². The molecule has 0 aromatic heterocycles. The zero-order valence-electron chi connectivity index (χ0n) is 14.8. The smallest absolute Gasteiger partial charge is 0.355 e. The second kappa shape index (κ2) is 7.96. The van der Waals surface area contributed by atoms with Gasteiger partial charge in [-0.2, -0.15) is 13.2 Å². The minimum Gasteiger partial charge on any atom is -0.355 e. The number of carbonyl (C=O) groups is 1. The minimum atomic E-state index is -4.41. The molecule has 1 aliphatic rings. The second-order valence-corrected chi connectivity index (χ2v) is 7.45. The molecule has 3 nitrogen and oxygen atoms in total. The largest absolute Gasteiger partial charge is 0.416 e. The van der Waals surface area contributed by atoms with Crippen LogP contribution < -0.4 is 10.6 Å². The first-order valence-electron chi connectivity index (χ1n) is 8.21. The summed E-state index contributed by atoms with van der Waals surface area (Å²) in [5.74, 6) is -0.249. The first-order valence-corrected chi connectivity index (χ1v) is 8.21. The number of nitrogens with one attached hydrogen (secondary N) is 2. The molecule has 0 aliphatic carbocycles.